The number of rotatable bonds is 11. The smallest absolute Gasteiger partial charge is 0.330 e. The standard InChI is InChI=1S/C24H46O3Si/c1-18(2)16-19(3)12-14-22(27-28(10,11)24(6,7)8)21(5)17-20(4)13-15-23(25)26-9/h13,15,17-19,21-22H,12,14,16H2,1-11H3/b15-13+,20-17+/t19-,21-,22-/m0/s1. The van der Waals surface area contributed by atoms with Crippen molar-refractivity contribution in [2.45, 2.75) is 98.9 Å². The summed E-state index contributed by atoms with van der Waals surface area (Å²) in [6.45, 7) is 22.8. The predicted octanol–water partition coefficient (Wildman–Crippen LogP) is 7.15. The molecule has 0 heterocycles. The second-order valence-corrected chi connectivity index (χ2v) is 15.1. The largest absolute Gasteiger partial charge is 0.466 e. The number of methoxy groups -OCH3 is 1. The maximum Gasteiger partial charge on any atom is 0.330 e. The van der Waals surface area contributed by atoms with Crippen LogP contribution in [-0.4, -0.2) is 27.5 Å². The van der Waals surface area contributed by atoms with Crippen LogP contribution < -0.4 is 0 Å². The van der Waals surface area contributed by atoms with E-state index < -0.39 is 8.32 Å². The van der Waals surface area contributed by atoms with Gasteiger partial charge in [-0.2, -0.15) is 0 Å². The summed E-state index contributed by atoms with van der Waals surface area (Å²) in [5.41, 5.74) is 1.07. The summed E-state index contributed by atoms with van der Waals surface area (Å²) in [6, 6.07) is 0. The van der Waals surface area contributed by atoms with Gasteiger partial charge in [0.1, 0.15) is 0 Å². The molecule has 3 atom stereocenters. The van der Waals surface area contributed by atoms with Crippen molar-refractivity contribution < 1.29 is 14.0 Å². The van der Waals surface area contributed by atoms with E-state index >= 15 is 0 Å². The maximum absolute atomic E-state index is 11.3. The van der Waals surface area contributed by atoms with Gasteiger partial charge in [0.05, 0.1) is 13.2 Å². The Balaban J connectivity index is 5.34. The van der Waals surface area contributed by atoms with Gasteiger partial charge < -0.3 is 9.16 Å². The number of hydrogen-bond donors (Lipinski definition) is 0. The summed E-state index contributed by atoms with van der Waals surface area (Å²) >= 11 is 0. The molecule has 0 bridgehead atoms. The molecule has 0 aromatic carbocycles. The fourth-order valence-corrected chi connectivity index (χ4v) is 4.64. The molecule has 0 aromatic heterocycles. The van der Waals surface area contributed by atoms with Crippen LogP contribution in [0.2, 0.25) is 18.1 Å². The number of allylic oxidation sites excluding steroid dienone is 2. The lowest BCUT2D eigenvalue weighted by atomic mass is 9.90. The van der Waals surface area contributed by atoms with Crippen molar-refractivity contribution >= 4 is 14.3 Å². The minimum Gasteiger partial charge on any atom is -0.466 e. The maximum atomic E-state index is 11.3. The third kappa shape index (κ3) is 10.6. The predicted molar refractivity (Wildman–Crippen MR) is 124 cm³/mol. The zero-order valence-electron chi connectivity index (χ0n) is 20.4. The van der Waals surface area contributed by atoms with E-state index in [4.69, 9.17) is 4.43 Å². The number of hydrogen-bond acceptors (Lipinski definition) is 3. The van der Waals surface area contributed by atoms with Gasteiger partial charge in [0, 0.05) is 6.08 Å². The Morgan fingerprint density at radius 2 is 1.61 bits per heavy atom. The molecule has 0 aromatic rings. The molecule has 0 fully saturated rings. The Hall–Kier alpha value is -0.873. The molecular weight excluding hydrogens is 364 g/mol. The first-order valence-corrected chi connectivity index (χ1v) is 13.7. The van der Waals surface area contributed by atoms with E-state index in [9.17, 15) is 4.79 Å². The first-order chi connectivity index (χ1) is 12.7. The van der Waals surface area contributed by atoms with Crippen LogP contribution in [0.5, 0.6) is 0 Å². The molecule has 0 aliphatic carbocycles. The molecule has 0 saturated carbocycles. The van der Waals surface area contributed by atoms with Gasteiger partial charge in [-0.15, -0.1) is 0 Å². The van der Waals surface area contributed by atoms with E-state index in [1.165, 1.54) is 26.0 Å². The molecule has 0 rings (SSSR count). The first-order valence-electron chi connectivity index (χ1n) is 10.8. The van der Waals surface area contributed by atoms with Gasteiger partial charge in [0.25, 0.3) is 0 Å². The molecule has 0 aliphatic heterocycles. The van der Waals surface area contributed by atoms with Gasteiger partial charge >= 0.3 is 5.97 Å². The molecule has 0 radical (unpaired) electrons. The van der Waals surface area contributed by atoms with Crippen molar-refractivity contribution in [3.05, 3.63) is 23.8 Å². The lowest BCUT2D eigenvalue weighted by molar-refractivity contribution is -0.134. The molecule has 0 aliphatic rings. The zero-order chi connectivity index (χ0) is 22.1. The van der Waals surface area contributed by atoms with E-state index in [2.05, 4.69) is 72.4 Å². The van der Waals surface area contributed by atoms with Gasteiger partial charge in [-0.3, -0.25) is 0 Å². The van der Waals surface area contributed by atoms with Crippen LogP contribution in [0.1, 0.15) is 74.7 Å². The van der Waals surface area contributed by atoms with E-state index in [0.29, 0.717) is 11.8 Å². The Kier molecular flexibility index (Phi) is 11.6. The summed E-state index contributed by atoms with van der Waals surface area (Å²) in [4.78, 5) is 11.3. The summed E-state index contributed by atoms with van der Waals surface area (Å²) in [6.07, 6.45) is 9.26. The third-order valence-electron chi connectivity index (χ3n) is 5.87. The molecule has 0 spiro atoms. The van der Waals surface area contributed by atoms with Crippen LogP contribution in [-0.2, 0) is 14.0 Å². The second kappa shape index (κ2) is 12.0. The zero-order valence-corrected chi connectivity index (χ0v) is 21.4. The van der Waals surface area contributed by atoms with Crippen molar-refractivity contribution in [3.8, 4) is 0 Å². The van der Waals surface area contributed by atoms with Crippen LogP contribution in [0.15, 0.2) is 23.8 Å². The summed E-state index contributed by atoms with van der Waals surface area (Å²) in [5, 5.41) is 0.193. The average molecular weight is 411 g/mol. The molecular formula is C24H46O3Si. The molecule has 0 unspecified atom stereocenters. The Labute approximate surface area is 176 Å². The van der Waals surface area contributed by atoms with E-state index in [1.54, 1.807) is 0 Å². The molecule has 3 nitrogen and oxygen atoms in total. The Bertz CT molecular complexity index is 526. The first kappa shape index (κ1) is 27.1. The highest BCUT2D eigenvalue weighted by Gasteiger charge is 2.39. The van der Waals surface area contributed by atoms with Gasteiger partial charge in [0.15, 0.2) is 8.32 Å². The van der Waals surface area contributed by atoms with Crippen molar-refractivity contribution in [2.75, 3.05) is 7.11 Å². The molecule has 0 N–H and O–H groups in total. The number of carbonyl (C=O) groups excluding carboxylic acids is 1. The topological polar surface area (TPSA) is 35.5 Å². The van der Waals surface area contributed by atoms with Crippen molar-refractivity contribution in [1.29, 1.82) is 0 Å². The van der Waals surface area contributed by atoms with Crippen molar-refractivity contribution in [3.63, 3.8) is 0 Å². The van der Waals surface area contributed by atoms with E-state index in [0.717, 1.165) is 17.9 Å². The Morgan fingerprint density at radius 1 is 1.04 bits per heavy atom. The van der Waals surface area contributed by atoms with Gasteiger partial charge in [-0.05, 0) is 62.1 Å². The third-order valence-corrected chi connectivity index (χ3v) is 10.4. The quantitative estimate of drug-likeness (QED) is 0.157. The summed E-state index contributed by atoms with van der Waals surface area (Å²) in [5.74, 6) is 1.42. The van der Waals surface area contributed by atoms with Crippen molar-refractivity contribution in [2.24, 2.45) is 17.8 Å². The molecule has 28 heavy (non-hydrogen) atoms. The normalized spacial score (nSPS) is 17.1. The van der Waals surface area contributed by atoms with Gasteiger partial charge in [0.2, 0.25) is 0 Å². The monoisotopic (exact) mass is 410 g/mol. The average Bonchev–Trinajstić information content (AvgIpc) is 2.54. The summed E-state index contributed by atoms with van der Waals surface area (Å²) in [7, 11) is -0.451. The lowest BCUT2D eigenvalue weighted by Gasteiger charge is -2.41. The number of carbonyl (C=O) groups is 1. The SMILES string of the molecule is COC(=O)/C=C/C(C)=C/[C@H](C)[C@H](CC[C@H](C)CC(C)C)O[Si](C)(C)C(C)(C)C. The van der Waals surface area contributed by atoms with E-state index in [1.807, 2.05) is 13.0 Å². The van der Waals surface area contributed by atoms with Gasteiger partial charge in [-0.1, -0.05) is 66.2 Å². The van der Waals surface area contributed by atoms with Crippen LogP contribution in [0.3, 0.4) is 0 Å². The summed E-state index contributed by atoms with van der Waals surface area (Å²) < 4.78 is 11.5. The molecule has 164 valence electrons. The highest BCUT2D eigenvalue weighted by atomic mass is 28.4. The van der Waals surface area contributed by atoms with Gasteiger partial charge in [-0.25, -0.2) is 4.79 Å². The van der Waals surface area contributed by atoms with Crippen LogP contribution >= 0.6 is 0 Å². The fraction of sp³-hybridized carbons (Fsp3) is 0.792. The minimum atomic E-state index is -1.85. The molecule has 4 heteroatoms. The second-order valence-electron chi connectivity index (χ2n) is 10.4. The van der Waals surface area contributed by atoms with Crippen molar-refractivity contribution in [1.82, 2.24) is 0 Å². The minimum absolute atomic E-state index is 0.193. The fourth-order valence-electron chi connectivity index (χ4n) is 3.20. The highest BCUT2D eigenvalue weighted by Crippen LogP contribution is 2.39. The molecule has 0 amide bonds. The van der Waals surface area contributed by atoms with Crippen LogP contribution in [0.4, 0.5) is 0 Å². The lowest BCUT2D eigenvalue weighted by Crippen LogP contribution is -2.45. The number of esters is 1. The molecule has 0 saturated heterocycles. The highest BCUT2D eigenvalue weighted by molar-refractivity contribution is 6.74. The van der Waals surface area contributed by atoms with Crippen LogP contribution in [0.25, 0.3) is 0 Å². The number of ether oxygens (including phenoxy) is 1. The Morgan fingerprint density at radius 3 is 2.07 bits per heavy atom. The van der Waals surface area contributed by atoms with E-state index in [-0.39, 0.29) is 17.1 Å². The van der Waals surface area contributed by atoms with Crippen LogP contribution in [0, 0.1) is 17.8 Å².